The Morgan fingerprint density at radius 2 is 2.30 bits per heavy atom. The quantitative estimate of drug-likeness (QED) is 0.479. The second-order valence-electron chi connectivity index (χ2n) is 5.18. The van der Waals surface area contributed by atoms with E-state index in [0.29, 0.717) is 0 Å². The smallest absolute Gasteiger partial charge is 0.281 e. The van der Waals surface area contributed by atoms with Gasteiger partial charge in [-0.15, -0.1) is 6.58 Å². The summed E-state index contributed by atoms with van der Waals surface area (Å²) in [6, 6.07) is -0.890. The Kier molecular flexibility index (Phi) is 4.22. The van der Waals surface area contributed by atoms with Gasteiger partial charge in [0, 0.05) is 0 Å². The summed E-state index contributed by atoms with van der Waals surface area (Å²) >= 11 is 0. The Morgan fingerprint density at radius 1 is 1.52 bits per heavy atom. The van der Waals surface area contributed by atoms with E-state index in [1.165, 1.54) is 17.3 Å². The lowest BCUT2D eigenvalue weighted by Crippen LogP contribution is -2.49. The minimum Gasteiger partial charge on any atom is -0.394 e. The summed E-state index contributed by atoms with van der Waals surface area (Å²) in [4.78, 5) is 24.8. The van der Waals surface area contributed by atoms with Gasteiger partial charge < -0.3 is 25.4 Å². The van der Waals surface area contributed by atoms with E-state index in [4.69, 9.17) is 15.2 Å². The van der Waals surface area contributed by atoms with Crippen molar-refractivity contribution in [3.8, 4) is 0 Å². The molecule has 0 radical (unpaired) electrons. The molecule has 0 spiro atoms. The van der Waals surface area contributed by atoms with Gasteiger partial charge >= 0.3 is 0 Å². The highest BCUT2D eigenvalue weighted by Crippen LogP contribution is 2.29. The third-order valence-electron chi connectivity index (χ3n) is 3.71. The molecule has 3 aliphatic heterocycles. The van der Waals surface area contributed by atoms with E-state index in [2.05, 4.69) is 21.6 Å². The van der Waals surface area contributed by atoms with Gasteiger partial charge in [0.25, 0.3) is 5.91 Å². The van der Waals surface area contributed by atoms with Gasteiger partial charge in [-0.2, -0.15) is 9.98 Å². The van der Waals surface area contributed by atoms with Gasteiger partial charge in [-0.1, -0.05) is 6.08 Å². The molecule has 23 heavy (non-hydrogen) atoms. The molecule has 1 fully saturated rings. The number of carbonyl (C=O) groups is 1. The van der Waals surface area contributed by atoms with Gasteiger partial charge in [-0.25, -0.2) is 0 Å². The average Bonchev–Trinajstić information content (AvgIpc) is 3.06. The number of hydrogen-bond acceptors (Lipinski definition) is 9. The topological polar surface area (TPSA) is 142 Å². The van der Waals surface area contributed by atoms with Crippen molar-refractivity contribution in [1.29, 1.82) is 0 Å². The monoisotopic (exact) mass is 323 g/mol. The number of amidine groups is 1. The van der Waals surface area contributed by atoms with Crippen LogP contribution in [0.5, 0.6) is 0 Å². The molecule has 10 heteroatoms. The van der Waals surface area contributed by atoms with E-state index in [9.17, 15) is 15.0 Å². The predicted molar refractivity (Wildman–Crippen MR) is 79.9 cm³/mol. The lowest BCUT2D eigenvalue weighted by Gasteiger charge is -2.27. The van der Waals surface area contributed by atoms with E-state index in [1.807, 2.05) is 0 Å². The highest BCUT2D eigenvalue weighted by molar-refractivity contribution is 6.21. The standard InChI is InChI=1S/C13H17N5O5/c1-2-3-22-9-6(4-19)23-12(8(9)20)18-5-15-7-10(18)16-13(14)17-11(7)21/h2,5-9,12,19-20H,1,3-4H2,(H2,14,17,21)/t6-,7?,8-,9-,12-/m1/s1. The van der Waals surface area contributed by atoms with Crippen LogP contribution < -0.4 is 5.73 Å². The van der Waals surface area contributed by atoms with Crippen LogP contribution in [0.2, 0.25) is 0 Å². The number of hydrogen-bond donors (Lipinski definition) is 3. The molecule has 1 saturated heterocycles. The predicted octanol–water partition coefficient (Wildman–Crippen LogP) is -2.40. The van der Waals surface area contributed by atoms with Gasteiger partial charge in [-0.05, 0) is 0 Å². The summed E-state index contributed by atoms with van der Waals surface area (Å²) in [6.07, 6.45) is -0.602. The molecular weight excluding hydrogens is 306 g/mol. The van der Waals surface area contributed by atoms with Crippen LogP contribution in [0.3, 0.4) is 0 Å². The fourth-order valence-electron chi connectivity index (χ4n) is 2.69. The molecule has 0 aromatic heterocycles. The molecular formula is C13H17N5O5. The molecule has 0 aliphatic carbocycles. The second-order valence-corrected chi connectivity index (χ2v) is 5.18. The summed E-state index contributed by atoms with van der Waals surface area (Å²) in [5.74, 6) is -0.480. The van der Waals surface area contributed by atoms with Gasteiger partial charge in [0.1, 0.15) is 18.3 Å². The molecule has 3 heterocycles. The Morgan fingerprint density at radius 3 is 3.00 bits per heavy atom. The maximum Gasteiger partial charge on any atom is 0.281 e. The molecule has 0 bridgehead atoms. The number of guanidine groups is 1. The highest BCUT2D eigenvalue weighted by atomic mass is 16.6. The van der Waals surface area contributed by atoms with E-state index >= 15 is 0 Å². The van der Waals surface area contributed by atoms with Gasteiger partial charge in [0.15, 0.2) is 18.1 Å². The van der Waals surface area contributed by atoms with E-state index in [0.717, 1.165) is 0 Å². The van der Waals surface area contributed by atoms with Crippen LogP contribution in [0, 0.1) is 0 Å². The number of carbonyl (C=O) groups excluding carboxylic acids is 1. The van der Waals surface area contributed by atoms with E-state index < -0.39 is 36.5 Å². The molecule has 124 valence electrons. The van der Waals surface area contributed by atoms with Crippen molar-refractivity contribution in [1.82, 2.24) is 4.90 Å². The van der Waals surface area contributed by atoms with Crippen molar-refractivity contribution in [2.75, 3.05) is 13.2 Å². The molecule has 1 unspecified atom stereocenters. The summed E-state index contributed by atoms with van der Waals surface area (Å²) in [5, 5.41) is 19.9. The molecule has 0 aromatic carbocycles. The number of nitrogens with zero attached hydrogens (tertiary/aromatic N) is 4. The number of nitrogens with two attached hydrogens (primary N) is 1. The zero-order valence-electron chi connectivity index (χ0n) is 12.1. The molecule has 4 N–H and O–H groups in total. The third-order valence-corrected chi connectivity index (χ3v) is 3.71. The first-order chi connectivity index (χ1) is 11.1. The van der Waals surface area contributed by atoms with Crippen molar-refractivity contribution < 1.29 is 24.5 Å². The summed E-state index contributed by atoms with van der Waals surface area (Å²) in [7, 11) is 0. The van der Waals surface area contributed by atoms with Crippen LogP contribution in [0.15, 0.2) is 27.6 Å². The first-order valence-corrected chi connectivity index (χ1v) is 7.02. The summed E-state index contributed by atoms with van der Waals surface area (Å²) < 4.78 is 11.1. The Hall–Kier alpha value is -2.14. The molecule has 10 nitrogen and oxygen atoms in total. The lowest BCUT2D eigenvalue weighted by molar-refractivity contribution is -0.117. The zero-order valence-corrected chi connectivity index (χ0v) is 12.1. The molecule has 1 amide bonds. The fraction of sp³-hybridized carbons (Fsp3) is 0.538. The largest absolute Gasteiger partial charge is 0.394 e. The molecule has 0 saturated carbocycles. The van der Waals surface area contributed by atoms with Crippen molar-refractivity contribution in [3.05, 3.63) is 12.7 Å². The lowest BCUT2D eigenvalue weighted by atomic mass is 10.1. The van der Waals surface area contributed by atoms with Crippen molar-refractivity contribution in [3.63, 3.8) is 0 Å². The minimum atomic E-state index is -1.09. The molecule has 3 rings (SSSR count). The molecule has 0 aromatic rings. The maximum atomic E-state index is 11.8. The Balaban J connectivity index is 1.82. The normalized spacial score (nSPS) is 36.0. The van der Waals surface area contributed by atoms with E-state index in [1.54, 1.807) is 0 Å². The van der Waals surface area contributed by atoms with Gasteiger partial charge in [-0.3, -0.25) is 14.7 Å². The summed E-state index contributed by atoms with van der Waals surface area (Å²) in [6.45, 7) is 3.40. The third kappa shape index (κ3) is 2.65. The number of fused-ring (bicyclic) bond motifs is 1. The van der Waals surface area contributed by atoms with Crippen LogP contribution >= 0.6 is 0 Å². The highest BCUT2D eigenvalue weighted by Gasteiger charge is 2.50. The van der Waals surface area contributed by atoms with Crippen LogP contribution in [0.25, 0.3) is 0 Å². The van der Waals surface area contributed by atoms with E-state index in [-0.39, 0.29) is 25.0 Å². The van der Waals surface area contributed by atoms with Crippen LogP contribution in [0.4, 0.5) is 0 Å². The average molecular weight is 323 g/mol. The van der Waals surface area contributed by atoms with Crippen molar-refractivity contribution in [2.24, 2.45) is 20.7 Å². The number of amides is 1. The number of rotatable bonds is 5. The number of aliphatic imine (C=N–C) groups is 3. The number of aliphatic hydroxyl groups is 2. The number of ether oxygens (including phenoxy) is 2. The first kappa shape index (κ1) is 15.7. The van der Waals surface area contributed by atoms with Gasteiger partial charge in [0.05, 0.1) is 19.6 Å². The van der Waals surface area contributed by atoms with Crippen LogP contribution in [0.1, 0.15) is 0 Å². The SMILES string of the molecule is C=CCO[C@H]1[C@@H](O)[C@H](N2C=NC3C(=O)N=C(N)N=C32)O[C@@H]1CO. The summed E-state index contributed by atoms with van der Waals surface area (Å²) in [5.41, 5.74) is 5.50. The molecule has 5 atom stereocenters. The fourth-order valence-corrected chi connectivity index (χ4v) is 2.69. The van der Waals surface area contributed by atoms with Gasteiger partial charge in [0.2, 0.25) is 5.96 Å². The first-order valence-electron chi connectivity index (χ1n) is 7.02. The number of aliphatic hydroxyl groups excluding tert-OH is 2. The van der Waals surface area contributed by atoms with Crippen molar-refractivity contribution >= 4 is 24.0 Å². The minimum absolute atomic E-state index is 0.178. The van der Waals surface area contributed by atoms with Crippen LogP contribution in [-0.2, 0) is 14.3 Å². The molecule has 3 aliphatic rings. The van der Waals surface area contributed by atoms with Crippen molar-refractivity contribution in [2.45, 2.75) is 30.6 Å². The maximum absolute atomic E-state index is 11.8. The van der Waals surface area contributed by atoms with Crippen LogP contribution in [-0.4, -0.2) is 82.9 Å². The zero-order chi connectivity index (χ0) is 16.6. The Labute approximate surface area is 131 Å². The second kappa shape index (κ2) is 6.16. The Bertz CT molecular complexity index is 604.